The number of benzene rings is 3. The van der Waals surface area contributed by atoms with Gasteiger partial charge in [0.05, 0.1) is 16.7 Å². The lowest BCUT2D eigenvalue weighted by molar-refractivity contribution is -0.135. The van der Waals surface area contributed by atoms with E-state index in [1.807, 2.05) is 0 Å². The molecule has 4 atom stereocenters. The van der Waals surface area contributed by atoms with Crippen molar-refractivity contribution in [1.29, 1.82) is 0 Å². The third-order valence-corrected chi connectivity index (χ3v) is 6.15. The Morgan fingerprint density at radius 3 is 1.46 bits per heavy atom. The molecular weight excluding hydrogens is 547 g/mol. The van der Waals surface area contributed by atoms with E-state index in [1.165, 1.54) is 72.8 Å². The Labute approximate surface area is 226 Å². The van der Waals surface area contributed by atoms with Gasteiger partial charge in [-0.05, 0) is 72.8 Å². The molecule has 0 saturated carbocycles. The molecule has 1 fully saturated rings. The van der Waals surface area contributed by atoms with E-state index in [0.29, 0.717) is 15.1 Å². The Balaban J connectivity index is 1.52. The third-order valence-electron chi connectivity index (χ3n) is 5.39. The van der Waals surface area contributed by atoms with Gasteiger partial charge in [-0.3, -0.25) is 0 Å². The van der Waals surface area contributed by atoms with Crippen LogP contribution >= 0.6 is 34.8 Å². The van der Waals surface area contributed by atoms with Gasteiger partial charge in [-0.2, -0.15) is 0 Å². The minimum absolute atomic E-state index is 0.150. The Kier molecular flexibility index (Phi) is 8.68. The fourth-order valence-corrected chi connectivity index (χ4v) is 3.87. The molecule has 3 aromatic carbocycles. The number of halogens is 3. The zero-order valence-electron chi connectivity index (χ0n) is 18.9. The quantitative estimate of drug-likeness (QED) is 0.316. The molecular formula is C26H19Cl3O8. The Bertz CT molecular complexity index is 1260. The molecule has 0 amide bonds. The molecule has 1 saturated heterocycles. The second-order valence-corrected chi connectivity index (χ2v) is 9.23. The lowest BCUT2D eigenvalue weighted by atomic mass is 10.1. The summed E-state index contributed by atoms with van der Waals surface area (Å²) < 4.78 is 21.8. The summed E-state index contributed by atoms with van der Waals surface area (Å²) in [5.41, 5.74) is 0.533. The van der Waals surface area contributed by atoms with E-state index < -0.39 is 49.1 Å². The minimum Gasteiger partial charge on any atom is -0.459 e. The van der Waals surface area contributed by atoms with E-state index in [4.69, 9.17) is 53.8 Å². The average molecular weight is 566 g/mol. The number of ether oxygens (including phenoxy) is 4. The summed E-state index contributed by atoms with van der Waals surface area (Å²) in [6.07, 6.45) is -5.55. The van der Waals surface area contributed by atoms with Crippen LogP contribution in [0.5, 0.6) is 0 Å². The van der Waals surface area contributed by atoms with Gasteiger partial charge in [0.15, 0.2) is 18.5 Å². The number of carbonyl (C=O) groups excluding carboxylic acids is 3. The molecule has 11 heteroatoms. The predicted molar refractivity (Wildman–Crippen MR) is 134 cm³/mol. The lowest BCUT2D eigenvalue weighted by Crippen LogP contribution is -2.42. The van der Waals surface area contributed by atoms with Crippen LogP contribution in [0.15, 0.2) is 72.8 Å². The van der Waals surface area contributed by atoms with Gasteiger partial charge in [0.25, 0.3) is 0 Å². The van der Waals surface area contributed by atoms with Crippen LogP contribution in [-0.4, -0.2) is 54.2 Å². The van der Waals surface area contributed by atoms with Gasteiger partial charge < -0.3 is 24.1 Å². The maximum Gasteiger partial charge on any atom is 0.338 e. The summed E-state index contributed by atoms with van der Waals surface area (Å²) in [5, 5.41) is 11.8. The molecule has 1 N–H and O–H groups in total. The third kappa shape index (κ3) is 6.80. The smallest absolute Gasteiger partial charge is 0.338 e. The number of carbonyl (C=O) groups is 3. The molecule has 37 heavy (non-hydrogen) atoms. The molecule has 1 aliphatic rings. The number of aliphatic hydroxyl groups is 1. The topological polar surface area (TPSA) is 108 Å². The number of esters is 3. The van der Waals surface area contributed by atoms with Crippen molar-refractivity contribution in [1.82, 2.24) is 0 Å². The number of aliphatic hydroxyl groups excluding tert-OH is 1. The summed E-state index contributed by atoms with van der Waals surface area (Å²) in [4.78, 5) is 38.0. The molecule has 0 spiro atoms. The molecule has 8 nitrogen and oxygen atoms in total. The fourth-order valence-electron chi connectivity index (χ4n) is 3.49. The summed E-state index contributed by atoms with van der Waals surface area (Å²) in [6, 6.07) is 17.8. The van der Waals surface area contributed by atoms with Crippen LogP contribution in [0.2, 0.25) is 15.1 Å². The first-order valence-electron chi connectivity index (χ1n) is 10.9. The van der Waals surface area contributed by atoms with Crippen molar-refractivity contribution >= 4 is 52.7 Å². The maximum atomic E-state index is 12.8. The highest BCUT2D eigenvalue weighted by Crippen LogP contribution is 2.28. The first-order chi connectivity index (χ1) is 17.7. The van der Waals surface area contributed by atoms with Crippen LogP contribution < -0.4 is 0 Å². The van der Waals surface area contributed by atoms with Crippen LogP contribution in [0.4, 0.5) is 0 Å². The Hall–Kier alpha value is -3.14. The van der Waals surface area contributed by atoms with Gasteiger partial charge in [0.1, 0.15) is 12.7 Å². The first kappa shape index (κ1) is 26.9. The summed E-state index contributed by atoms with van der Waals surface area (Å²) >= 11 is 17.6. The van der Waals surface area contributed by atoms with E-state index in [2.05, 4.69) is 0 Å². The number of hydrogen-bond donors (Lipinski definition) is 1. The highest BCUT2D eigenvalue weighted by Gasteiger charge is 2.50. The van der Waals surface area contributed by atoms with Crippen LogP contribution in [0.25, 0.3) is 0 Å². The van der Waals surface area contributed by atoms with Gasteiger partial charge in [0, 0.05) is 15.1 Å². The van der Waals surface area contributed by atoms with E-state index in [1.54, 1.807) is 0 Å². The van der Waals surface area contributed by atoms with Crippen LogP contribution in [0, 0.1) is 0 Å². The van der Waals surface area contributed by atoms with Crippen LogP contribution in [-0.2, 0) is 18.9 Å². The second kappa shape index (κ2) is 11.9. The van der Waals surface area contributed by atoms with E-state index >= 15 is 0 Å². The zero-order valence-corrected chi connectivity index (χ0v) is 21.2. The SMILES string of the molecule is O=C(OCC1OC(O)C(OC(=O)c2ccc(Cl)cc2)C1OC(=O)c1ccc(Cl)cc1)c1ccc(Cl)cc1. The van der Waals surface area contributed by atoms with Crippen molar-refractivity contribution < 1.29 is 38.4 Å². The molecule has 0 aromatic heterocycles. The molecule has 0 radical (unpaired) electrons. The van der Waals surface area contributed by atoms with Crippen LogP contribution in [0.1, 0.15) is 31.1 Å². The standard InChI is InChI=1S/C26H19Cl3O8/c27-17-7-1-14(2-8-17)23(30)34-13-20-21(36-24(31)15-3-9-18(28)10-4-15)22(26(33)35-20)37-25(32)16-5-11-19(29)12-6-16/h1-12,20-22,26,33H,13H2. The average Bonchev–Trinajstić information content (AvgIpc) is 3.17. The zero-order chi connectivity index (χ0) is 26.5. The Morgan fingerprint density at radius 1 is 0.649 bits per heavy atom. The normalized spacial score (nSPS) is 20.8. The summed E-state index contributed by atoms with van der Waals surface area (Å²) in [5.74, 6) is -2.30. The van der Waals surface area contributed by atoms with Crippen molar-refractivity contribution in [2.24, 2.45) is 0 Å². The van der Waals surface area contributed by atoms with Crippen LogP contribution in [0.3, 0.4) is 0 Å². The lowest BCUT2D eigenvalue weighted by Gasteiger charge is -2.23. The van der Waals surface area contributed by atoms with Crippen molar-refractivity contribution in [2.75, 3.05) is 6.61 Å². The highest BCUT2D eigenvalue weighted by molar-refractivity contribution is 6.31. The van der Waals surface area contributed by atoms with E-state index in [0.717, 1.165) is 0 Å². The molecule has 0 bridgehead atoms. The largest absolute Gasteiger partial charge is 0.459 e. The van der Waals surface area contributed by atoms with Crippen molar-refractivity contribution in [3.63, 3.8) is 0 Å². The first-order valence-corrected chi connectivity index (χ1v) is 12.0. The summed E-state index contributed by atoms with van der Waals surface area (Å²) in [6.45, 7) is -0.411. The monoisotopic (exact) mass is 564 g/mol. The van der Waals surface area contributed by atoms with Crippen molar-refractivity contribution in [3.05, 3.63) is 105 Å². The molecule has 3 aromatic rings. The fraction of sp³-hybridized carbons (Fsp3) is 0.192. The number of rotatable bonds is 7. The molecule has 1 aliphatic heterocycles. The highest BCUT2D eigenvalue weighted by atomic mass is 35.5. The van der Waals surface area contributed by atoms with Gasteiger partial charge in [-0.25, -0.2) is 14.4 Å². The molecule has 192 valence electrons. The van der Waals surface area contributed by atoms with Gasteiger partial charge in [-0.1, -0.05) is 34.8 Å². The van der Waals surface area contributed by atoms with E-state index in [-0.39, 0.29) is 16.7 Å². The maximum absolute atomic E-state index is 12.8. The predicted octanol–water partition coefficient (Wildman–Crippen LogP) is 4.97. The molecule has 4 unspecified atom stereocenters. The number of hydrogen-bond acceptors (Lipinski definition) is 8. The van der Waals surface area contributed by atoms with Gasteiger partial charge in [0.2, 0.25) is 0 Å². The molecule has 4 rings (SSSR count). The van der Waals surface area contributed by atoms with Crippen molar-refractivity contribution in [3.8, 4) is 0 Å². The summed E-state index contributed by atoms with van der Waals surface area (Å²) in [7, 11) is 0. The van der Waals surface area contributed by atoms with Crippen molar-refractivity contribution in [2.45, 2.75) is 24.6 Å². The van der Waals surface area contributed by atoms with Gasteiger partial charge in [-0.15, -0.1) is 0 Å². The minimum atomic E-state index is -1.67. The second-order valence-electron chi connectivity index (χ2n) is 7.92. The molecule has 1 heterocycles. The van der Waals surface area contributed by atoms with E-state index in [9.17, 15) is 19.5 Å². The van der Waals surface area contributed by atoms with Gasteiger partial charge >= 0.3 is 17.9 Å². The Morgan fingerprint density at radius 2 is 1.03 bits per heavy atom. The molecule has 0 aliphatic carbocycles.